The van der Waals surface area contributed by atoms with E-state index in [1.54, 1.807) is 0 Å². The van der Waals surface area contributed by atoms with Crippen molar-refractivity contribution in [3.63, 3.8) is 0 Å². The van der Waals surface area contributed by atoms with Gasteiger partial charge in [-0.25, -0.2) is 0 Å². The Kier molecular flexibility index (Phi) is 5.09. The minimum atomic E-state index is -1.01. The van der Waals surface area contributed by atoms with Gasteiger partial charge in [0.05, 0.1) is 0 Å². The zero-order chi connectivity index (χ0) is 14.6. The van der Waals surface area contributed by atoms with Crippen molar-refractivity contribution in [2.45, 2.75) is 45.3 Å². The van der Waals surface area contributed by atoms with Gasteiger partial charge in [-0.2, -0.15) is 0 Å². The van der Waals surface area contributed by atoms with Crippen LogP contribution in [0.25, 0.3) is 0 Å². The van der Waals surface area contributed by atoms with E-state index in [-0.39, 0.29) is 17.9 Å². The molecule has 0 aliphatic heterocycles. The molecule has 2 atom stereocenters. The van der Waals surface area contributed by atoms with Gasteiger partial charge in [0.15, 0.2) is 0 Å². The van der Waals surface area contributed by atoms with E-state index < -0.39 is 12.2 Å². The maximum atomic E-state index is 10.8. The molecular formula is C15H23NO3. The number of benzene rings is 1. The fourth-order valence-corrected chi connectivity index (χ4v) is 1.76. The lowest BCUT2D eigenvalue weighted by Gasteiger charge is -2.22. The van der Waals surface area contributed by atoms with Crippen LogP contribution in [0.4, 0.5) is 0 Å². The molecule has 0 saturated carbocycles. The normalized spacial score (nSPS) is 14.8. The molecule has 1 aromatic carbocycles. The second-order valence-electron chi connectivity index (χ2n) is 5.82. The van der Waals surface area contributed by atoms with Crippen LogP contribution in [0.3, 0.4) is 0 Å². The van der Waals surface area contributed by atoms with Gasteiger partial charge in [0.1, 0.15) is 12.2 Å². The largest absolute Gasteiger partial charge is 0.388 e. The Hall–Kier alpha value is -1.39. The van der Waals surface area contributed by atoms with E-state index in [0.717, 1.165) is 0 Å². The first-order chi connectivity index (χ1) is 8.71. The lowest BCUT2D eigenvalue weighted by Crippen LogP contribution is -2.34. The highest BCUT2D eigenvalue weighted by molar-refractivity contribution is 5.72. The van der Waals surface area contributed by atoms with Crippen LogP contribution in [0.2, 0.25) is 0 Å². The van der Waals surface area contributed by atoms with Crippen molar-refractivity contribution in [1.82, 2.24) is 5.32 Å². The maximum absolute atomic E-state index is 10.8. The predicted molar refractivity (Wildman–Crippen MR) is 74.8 cm³/mol. The van der Waals surface area contributed by atoms with Gasteiger partial charge in [-0.3, -0.25) is 4.79 Å². The molecular weight excluding hydrogens is 242 g/mol. The highest BCUT2D eigenvalue weighted by Gasteiger charge is 2.19. The number of nitrogens with one attached hydrogen (secondary N) is 1. The summed E-state index contributed by atoms with van der Waals surface area (Å²) in [6, 6.07) is 7.51. The van der Waals surface area contributed by atoms with Crippen LogP contribution >= 0.6 is 0 Å². The zero-order valence-corrected chi connectivity index (χ0v) is 12.0. The summed E-state index contributed by atoms with van der Waals surface area (Å²) in [6.07, 6.45) is -2.01. The number of hydrogen-bond acceptors (Lipinski definition) is 3. The summed E-state index contributed by atoms with van der Waals surface area (Å²) in [5.41, 5.74) is 1.86. The molecule has 3 N–H and O–H groups in total. The van der Waals surface area contributed by atoms with Crippen molar-refractivity contribution in [2.75, 3.05) is 6.54 Å². The number of aliphatic hydroxyl groups is 2. The Morgan fingerprint density at radius 2 is 1.74 bits per heavy atom. The van der Waals surface area contributed by atoms with Crippen molar-refractivity contribution in [3.05, 3.63) is 35.4 Å². The summed E-state index contributed by atoms with van der Waals surface area (Å²) in [4.78, 5) is 10.8. The number of hydrogen-bond donors (Lipinski definition) is 3. The Balaban J connectivity index is 2.72. The van der Waals surface area contributed by atoms with Gasteiger partial charge in [-0.15, -0.1) is 0 Å². The molecule has 1 amide bonds. The smallest absolute Gasteiger partial charge is 0.216 e. The molecule has 0 fully saturated rings. The second kappa shape index (κ2) is 6.17. The number of amides is 1. The fourth-order valence-electron chi connectivity index (χ4n) is 1.76. The summed E-state index contributed by atoms with van der Waals surface area (Å²) in [5.74, 6) is -0.227. The summed E-state index contributed by atoms with van der Waals surface area (Å²) >= 11 is 0. The molecule has 4 nitrogen and oxygen atoms in total. The first kappa shape index (κ1) is 15.7. The van der Waals surface area contributed by atoms with Crippen molar-refractivity contribution in [1.29, 1.82) is 0 Å². The Labute approximate surface area is 114 Å². The van der Waals surface area contributed by atoms with E-state index in [1.165, 1.54) is 12.5 Å². The van der Waals surface area contributed by atoms with Crippen LogP contribution < -0.4 is 5.32 Å². The van der Waals surface area contributed by atoms with Crippen LogP contribution in [0.15, 0.2) is 24.3 Å². The average Bonchev–Trinajstić information content (AvgIpc) is 2.34. The molecule has 0 aliphatic carbocycles. The summed E-state index contributed by atoms with van der Waals surface area (Å²) in [7, 11) is 0. The van der Waals surface area contributed by atoms with Crippen LogP contribution in [0, 0.1) is 0 Å². The van der Waals surface area contributed by atoms with Gasteiger partial charge in [0, 0.05) is 13.5 Å². The maximum Gasteiger partial charge on any atom is 0.216 e. The lowest BCUT2D eigenvalue weighted by atomic mass is 9.86. The van der Waals surface area contributed by atoms with Crippen LogP contribution in [-0.4, -0.2) is 28.8 Å². The molecule has 0 saturated heterocycles. The molecule has 0 aromatic heterocycles. The van der Waals surface area contributed by atoms with Crippen LogP contribution in [0.1, 0.15) is 44.9 Å². The van der Waals surface area contributed by atoms with Crippen LogP contribution in [-0.2, 0) is 10.2 Å². The standard InChI is InChI=1S/C15H23NO3/c1-10(17)16-9-13(18)14(19)11-5-7-12(8-6-11)15(2,3)4/h5-8,13-14,18-19H,9H2,1-4H3,(H,16,17). The number of rotatable bonds is 4. The average molecular weight is 265 g/mol. The molecule has 0 heterocycles. The molecule has 0 aliphatic rings. The van der Waals surface area contributed by atoms with Gasteiger partial charge in [-0.1, -0.05) is 45.0 Å². The summed E-state index contributed by atoms with van der Waals surface area (Å²) < 4.78 is 0. The molecule has 2 unspecified atom stereocenters. The first-order valence-corrected chi connectivity index (χ1v) is 6.43. The Morgan fingerprint density at radius 3 is 2.16 bits per heavy atom. The fraction of sp³-hybridized carbons (Fsp3) is 0.533. The zero-order valence-electron chi connectivity index (χ0n) is 12.0. The lowest BCUT2D eigenvalue weighted by molar-refractivity contribution is -0.119. The van der Waals surface area contributed by atoms with E-state index in [9.17, 15) is 15.0 Å². The third kappa shape index (κ3) is 4.65. The first-order valence-electron chi connectivity index (χ1n) is 6.43. The van der Waals surface area contributed by atoms with Crippen molar-refractivity contribution in [2.24, 2.45) is 0 Å². The molecule has 1 rings (SSSR count). The molecule has 4 heteroatoms. The molecule has 0 spiro atoms. The van der Waals surface area contributed by atoms with E-state index in [4.69, 9.17) is 0 Å². The third-order valence-corrected chi connectivity index (χ3v) is 3.04. The number of aliphatic hydroxyl groups excluding tert-OH is 2. The highest BCUT2D eigenvalue weighted by Crippen LogP contribution is 2.24. The van der Waals surface area contributed by atoms with E-state index >= 15 is 0 Å². The van der Waals surface area contributed by atoms with Crippen molar-refractivity contribution >= 4 is 5.91 Å². The van der Waals surface area contributed by atoms with Gasteiger partial charge in [0.25, 0.3) is 0 Å². The molecule has 0 bridgehead atoms. The number of carbonyl (C=O) groups is 1. The van der Waals surface area contributed by atoms with E-state index in [2.05, 4.69) is 26.1 Å². The molecule has 1 aromatic rings. The summed E-state index contributed by atoms with van der Waals surface area (Å²) in [6.45, 7) is 7.76. The minimum Gasteiger partial charge on any atom is -0.388 e. The molecule has 0 radical (unpaired) electrons. The minimum absolute atomic E-state index is 0.0392. The predicted octanol–water partition coefficient (Wildman–Crippen LogP) is 1.51. The second-order valence-corrected chi connectivity index (χ2v) is 5.82. The monoisotopic (exact) mass is 265 g/mol. The quantitative estimate of drug-likeness (QED) is 0.773. The topological polar surface area (TPSA) is 69.6 Å². The molecule has 19 heavy (non-hydrogen) atoms. The van der Waals surface area contributed by atoms with Gasteiger partial charge in [-0.05, 0) is 16.5 Å². The van der Waals surface area contributed by atoms with Gasteiger partial charge >= 0.3 is 0 Å². The van der Waals surface area contributed by atoms with E-state index in [1.807, 2.05) is 24.3 Å². The van der Waals surface area contributed by atoms with Crippen LogP contribution in [0.5, 0.6) is 0 Å². The third-order valence-electron chi connectivity index (χ3n) is 3.04. The number of carbonyl (C=O) groups excluding carboxylic acids is 1. The highest BCUT2D eigenvalue weighted by atomic mass is 16.3. The van der Waals surface area contributed by atoms with Gasteiger partial charge < -0.3 is 15.5 Å². The molecule has 106 valence electrons. The van der Waals surface area contributed by atoms with Crippen molar-refractivity contribution in [3.8, 4) is 0 Å². The Morgan fingerprint density at radius 1 is 1.21 bits per heavy atom. The van der Waals surface area contributed by atoms with Gasteiger partial charge in [0.2, 0.25) is 5.91 Å². The van der Waals surface area contributed by atoms with Crippen molar-refractivity contribution < 1.29 is 15.0 Å². The summed E-state index contributed by atoms with van der Waals surface area (Å²) in [5, 5.41) is 22.3. The SMILES string of the molecule is CC(=O)NCC(O)C(O)c1ccc(C(C)(C)C)cc1. The Bertz CT molecular complexity index is 420. The van der Waals surface area contributed by atoms with E-state index in [0.29, 0.717) is 5.56 Å².